The van der Waals surface area contributed by atoms with Crippen LogP contribution in [0.4, 0.5) is 0 Å². The summed E-state index contributed by atoms with van der Waals surface area (Å²) >= 11 is 0. The van der Waals surface area contributed by atoms with Gasteiger partial charge in [0.25, 0.3) is 0 Å². The number of likely N-dealkylation sites (N-methyl/N-ethyl adjacent to an activating group) is 1. The minimum Gasteiger partial charge on any atom is -0.314 e. The van der Waals surface area contributed by atoms with Crippen LogP contribution in [-0.4, -0.2) is 12.6 Å². The molecule has 1 aromatic rings. The number of benzene rings is 1. The molecule has 1 atom stereocenters. The third-order valence-electron chi connectivity index (χ3n) is 3.30. The summed E-state index contributed by atoms with van der Waals surface area (Å²) in [5, 5.41) is 3.60. The Kier molecular flexibility index (Phi) is 5.70. The van der Waals surface area contributed by atoms with Crippen molar-refractivity contribution >= 4 is 0 Å². The number of aryl methyl sites for hydroxylation is 2. The highest BCUT2D eigenvalue weighted by Crippen LogP contribution is 2.14. The van der Waals surface area contributed by atoms with E-state index in [1.807, 2.05) is 0 Å². The largest absolute Gasteiger partial charge is 0.314 e. The molecule has 0 bridgehead atoms. The average Bonchev–Trinajstić information content (AvgIpc) is 2.23. The van der Waals surface area contributed by atoms with E-state index in [2.05, 4.69) is 58.1 Å². The van der Waals surface area contributed by atoms with E-state index < -0.39 is 0 Å². The lowest BCUT2D eigenvalue weighted by Gasteiger charge is -2.20. The fourth-order valence-electron chi connectivity index (χ4n) is 2.31. The second-order valence-corrected chi connectivity index (χ2v) is 5.51. The normalized spacial score (nSPS) is 13.1. The van der Waals surface area contributed by atoms with E-state index >= 15 is 0 Å². The molecule has 0 spiro atoms. The van der Waals surface area contributed by atoms with Crippen LogP contribution in [0.2, 0.25) is 0 Å². The Morgan fingerprint density at radius 2 is 1.82 bits per heavy atom. The third kappa shape index (κ3) is 4.91. The van der Waals surface area contributed by atoms with Gasteiger partial charge in [0.15, 0.2) is 0 Å². The Balaban J connectivity index is 2.67. The molecule has 0 amide bonds. The van der Waals surface area contributed by atoms with Gasteiger partial charge in [0.05, 0.1) is 0 Å². The summed E-state index contributed by atoms with van der Waals surface area (Å²) in [7, 11) is 0. The zero-order valence-electron chi connectivity index (χ0n) is 12.0. The summed E-state index contributed by atoms with van der Waals surface area (Å²) in [4.78, 5) is 0. The molecule has 0 aliphatic heterocycles. The topological polar surface area (TPSA) is 12.0 Å². The zero-order chi connectivity index (χ0) is 12.8. The van der Waals surface area contributed by atoms with Gasteiger partial charge in [-0.25, -0.2) is 0 Å². The Morgan fingerprint density at radius 1 is 1.12 bits per heavy atom. The quantitative estimate of drug-likeness (QED) is 0.786. The number of nitrogens with one attached hydrogen (secondary N) is 1. The van der Waals surface area contributed by atoms with Gasteiger partial charge in [-0.15, -0.1) is 0 Å². The van der Waals surface area contributed by atoms with E-state index in [1.165, 1.54) is 23.1 Å². The van der Waals surface area contributed by atoms with E-state index in [9.17, 15) is 0 Å². The van der Waals surface area contributed by atoms with Gasteiger partial charge >= 0.3 is 0 Å². The van der Waals surface area contributed by atoms with Gasteiger partial charge in [-0.2, -0.15) is 0 Å². The van der Waals surface area contributed by atoms with Gasteiger partial charge in [0.1, 0.15) is 0 Å². The summed E-state index contributed by atoms with van der Waals surface area (Å²) in [6, 6.07) is 7.46. The smallest absolute Gasteiger partial charge is 0.0110 e. The first-order valence-corrected chi connectivity index (χ1v) is 6.82. The van der Waals surface area contributed by atoms with Crippen LogP contribution in [0.5, 0.6) is 0 Å². The minimum absolute atomic E-state index is 0.613. The maximum absolute atomic E-state index is 3.60. The van der Waals surface area contributed by atoms with E-state index in [4.69, 9.17) is 0 Å². The highest BCUT2D eigenvalue weighted by atomic mass is 14.9. The second-order valence-electron chi connectivity index (χ2n) is 5.51. The predicted molar refractivity (Wildman–Crippen MR) is 76.5 cm³/mol. The fourth-order valence-corrected chi connectivity index (χ4v) is 2.31. The number of rotatable bonds is 6. The van der Waals surface area contributed by atoms with Crippen LogP contribution < -0.4 is 5.32 Å². The van der Waals surface area contributed by atoms with Crippen LogP contribution in [0.3, 0.4) is 0 Å². The van der Waals surface area contributed by atoms with E-state index in [-0.39, 0.29) is 0 Å². The molecule has 1 N–H and O–H groups in total. The molecule has 0 radical (unpaired) electrons. The average molecular weight is 233 g/mol. The Bertz CT molecular complexity index is 341. The molecular weight excluding hydrogens is 206 g/mol. The molecule has 96 valence electrons. The van der Waals surface area contributed by atoms with Crippen molar-refractivity contribution in [3.8, 4) is 0 Å². The first-order chi connectivity index (χ1) is 8.02. The molecule has 0 fully saturated rings. The highest BCUT2D eigenvalue weighted by molar-refractivity contribution is 5.30. The highest BCUT2D eigenvalue weighted by Gasteiger charge is 2.10. The molecule has 0 aliphatic carbocycles. The van der Waals surface area contributed by atoms with Crippen molar-refractivity contribution in [1.29, 1.82) is 0 Å². The van der Waals surface area contributed by atoms with Crippen molar-refractivity contribution in [2.24, 2.45) is 5.92 Å². The van der Waals surface area contributed by atoms with Gasteiger partial charge in [-0.3, -0.25) is 0 Å². The van der Waals surface area contributed by atoms with E-state index in [0.717, 1.165) is 18.9 Å². The molecule has 0 heterocycles. The van der Waals surface area contributed by atoms with Crippen molar-refractivity contribution in [2.75, 3.05) is 6.54 Å². The Labute approximate surface area is 107 Å². The number of hydrogen-bond donors (Lipinski definition) is 1. The van der Waals surface area contributed by atoms with Crippen molar-refractivity contribution in [3.63, 3.8) is 0 Å². The van der Waals surface area contributed by atoms with Crippen LogP contribution in [0.15, 0.2) is 18.2 Å². The summed E-state index contributed by atoms with van der Waals surface area (Å²) in [6.07, 6.45) is 2.40. The molecule has 1 aromatic carbocycles. The standard InChI is InChI=1S/C16H27N/c1-6-17-16(9-12(2)3)11-15-8-7-13(4)14(5)10-15/h7-8,10,12,16-17H,6,9,11H2,1-5H3. The van der Waals surface area contributed by atoms with Crippen LogP contribution >= 0.6 is 0 Å². The van der Waals surface area contributed by atoms with Crippen molar-refractivity contribution < 1.29 is 0 Å². The molecule has 1 heteroatoms. The molecule has 0 saturated carbocycles. The molecule has 1 unspecified atom stereocenters. The van der Waals surface area contributed by atoms with Crippen LogP contribution in [0, 0.1) is 19.8 Å². The van der Waals surface area contributed by atoms with Gasteiger partial charge in [-0.1, -0.05) is 39.0 Å². The molecule has 17 heavy (non-hydrogen) atoms. The van der Waals surface area contributed by atoms with Gasteiger partial charge in [0, 0.05) is 6.04 Å². The van der Waals surface area contributed by atoms with Crippen molar-refractivity contribution in [1.82, 2.24) is 5.32 Å². The van der Waals surface area contributed by atoms with Crippen LogP contribution in [0.1, 0.15) is 43.9 Å². The zero-order valence-corrected chi connectivity index (χ0v) is 12.0. The van der Waals surface area contributed by atoms with Gasteiger partial charge in [0.2, 0.25) is 0 Å². The lowest BCUT2D eigenvalue weighted by molar-refractivity contribution is 0.424. The third-order valence-corrected chi connectivity index (χ3v) is 3.30. The minimum atomic E-state index is 0.613. The summed E-state index contributed by atoms with van der Waals surface area (Å²) in [5.74, 6) is 0.755. The summed E-state index contributed by atoms with van der Waals surface area (Å²) in [5.41, 5.74) is 4.25. The van der Waals surface area contributed by atoms with Crippen LogP contribution in [0.25, 0.3) is 0 Å². The van der Waals surface area contributed by atoms with Gasteiger partial charge in [-0.05, 0) is 55.8 Å². The molecule has 0 saturated heterocycles. The van der Waals surface area contributed by atoms with Crippen molar-refractivity contribution in [2.45, 2.75) is 53.5 Å². The number of hydrogen-bond acceptors (Lipinski definition) is 1. The maximum Gasteiger partial charge on any atom is 0.0110 e. The monoisotopic (exact) mass is 233 g/mol. The first kappa shape index (κ1) is 14.2. The van der Waals surface area contributed by atoms with E-state index in [1.54, 1.807) is 0 Å². The van der Waals surface area contributed by atoms with Gasteiger partial charge < -0.3 is 5.32 Å². The van der Waals surface area contributed by atoms with Crippen LogP contribution in [-0.2, 0) is 6.42 Å². The SMILES string of the molecule is CCNC(Cc1ccc(C)c(C)c1)CC(C)C. The molecule has 1 rings (SSSR count). The molecule has 0 aliphatic rings. The first-order valence-electron chi connectivity index (χ1n) is 6.82. The van der Waals surface area contributed by atoms with E-state index in [0.29, 0.717) is 6.04 Å². The summed E-state index contributed by atoms with van der Waals surface area (Å²) in [6.45, 7) is 12.2. The summed E-state index contributed by atoms with van der Waals surface area (Å²) < 4.78 is 0. The molecular formula is C16H27N. The Morgan fingerprint density at radius 3 is 2.35 bits per heavy atom. The Hall–Kier alpha value is -0.820. The lowest BCUT2D eigenvalue weighted by Crippen LogP contribution is -2.32. The second kappa shape index (κ2) is 6.80. The fraction of sp³-hybridized carbons (Fsp3) is 0.625. The molecule has 1 nitrogen and oxygen atoms in total. The molecule has 0 aromatic heterocycles. The maximum atomic E-state index is 3.60. The van der Waals surface area contributed by atoms with Crippen molar-refractivity contribution in [3.05, 3.63) is 34.9 Å². The lowest BCUT2D eigenvalue weighted by atomic mass is 9.95. The predicted octanol–water partition coefficient (Wildman–Crippen LogP) is 3.87.